The van der Waals surface area contributed by atoms with Crippen LogP contribution in [0.25, 0.3) is 11.2 Å². The third kappa shape index (κ3) is 3.69. The molecule has 0 unspecified atom stereocenters. The Kier molecular flexibility index (Phi) is 4.94. The van der Waals surface area contributed by atoms with Gasteiger partial charge in [0.2, 0.25) is 0 Å². The zero-order chi connectivity index (χ0) is 18.7. The maximum atomic E-state index is 12.9. The van der Waals surface area contributed by atoms with Crippen molar-refractivity contribution >= 4 is 29.3 Å². The van der Waals surface area contributed by atoms with E-state index in [0.717, 1.165) is 6.07 Å². The summed E-state index contributed by atoms with van der Waals surface area (Å²) in [6.07, 6.45) is 1.48. The Hall–Kier alpha value is -2.88. The molecule has 3 heterocycles. The fraction of sp³-hybridized carbons (Fsp3) is 0.0625. The second-order valence-electron chi connectivity index (χ2n) is 5.14. The van der Waals surface area contributed by atoms with Gasteiger partial charge in [0.25, 0.3) is 0 Å². The van der Waals surface area contributed by atoms with Gasteiger partial charge in [-0.3, -0.25) is 5.41 Å². The lowest BCUT2D eigenvalue weighted by Crippen LogP contribution is -2.13. The smallest absolute Gasteiger partial charge is 0.309 e. The first-order chi connectivity index (χ1) is 12.4. The minimum Gasteiger partial charge on any atom is -0.309 e. The monoisotopic (exact) mass is 381 g/mol. The summed E-state index contributed by atoms with van der Waals surface area (Å²) in [7, 11) is 0. The Balaban J connectivity index is 2.04. The normalized spacial score (nSPS) is 12.4. The van der Waals surface area contributed by atoms with Crippen LogP contribution in [-0.2, 0) is 6.18 Å². The summed E-state index contributed by atoms with van der Waals surface area (Å²) in [5.74, 6) is 0. The predicted octanol–water partition coefficient (Wildman–Crippen LogP) is 4.28. The van der Waals surface area contributed by atoms with E-state index in [1.165, 1.54) is 18.3 Å². The van der Waals surface area contributed by atoms with Gasteiger partial charge in [-0.25, -0.2) is 9.97 Å². The quantitative estimate of drug-likeness (QED) is 0.393. The molecule has 0 aromatic carbocycles. The van der Waals surface area contributed by atoms with Crippen LogP contribution in [0.5, 0.6) is 0 Å². The third-order valence-corrected chi connectivity index (χ3v) is 3.72. The number of aromatic nitrogens is 3. The van der Waals surface area contributed by atoms with E-state index in [1.807, 2.05) is 0 Å². The van der Waals surface area contributed by atoms with E-state index in [4.69, 9.17) is 5.41 Å². The Morgan fingerprint density at radius 3 is 2.77 bits per heavy atom. The molecule has 0 aliphatic heterocycles. The van der Waals surface area contributed by atoms with Gasteiger partial charge in [0.05, 0.1) is 11.4 Å². The van der Waals surface area contributed by atoms with Crippen molar-refractivity contribution in [3.63, 3.8) is 0 Å². The SMILES string of the molecule is N=C(/C(=C\NSF)c1ccc2nccn2c1)c1cccc(C(F)(F)F)n1. The molecule has 0 atom stereocenters. The lowest BCUT2D eigenvalue weighted by molar-refractivity contribution is -0.141. The van der Waals surface area contributed by atoms with Crippen LogP contribution in [0.2, 0.25) is 0 Å². The molecule has 0 aliphatic carbocycles. The minimum absolute atomic E-state index is 0.178. The van der Waals surface area contributed by atoms with Gasteiger partial charge < -0.3 is 9.12 Å². The largest absolute Gasteiger partial charge is 0.433 e. The van der Waals surface area contributed by atoms with Crippen LogP contribution in [0.15, 0.2) is 55.1 Å². The number of hydrogen-bond donors (Lipinski definition) is 2. The molecule has 0 saturated heterocycles. The Labute approximate surface area is 149 Å². The lowest BCUT2D eigenvalue weighted by Gasteiger charge is -2.12. The number of halogens is 4. The molecule has 5 nitrogen and oxygen atoms in total. The molecule has 3 aromatic heterocycles. The molecule has 0 saturated carbocycles. The first-order valence-corrected chi connectivity index (χ1v) is 7.92. The van der Waals surface area contributed by atoms with Gasteiger partial charge in [-0.1, -0.05) is 6.07 Å². The number of nitrogens with one attached hydrogen (secondary N) is 2. The highest BCUT2D eigenvalue weighted by molar-refractivity contribution is 7.92. The molecule has 3 rings (SSSR count). The van der Waals surface area contributed by atoms with E-state index in [-0.39, 0.29) is 29.3 Å². The zero-order valence-corrected chi connectivity index (χ0v) is 13.8. The second kappa shape index (κ2) is 7.16. The highest BCUT2D eigenvalue weighted by Crippen LogP contribution is 2.28. The minimum atomic E-state index is -4.62. The van der Waals surface area contributed by atoms with Crippen molar-refractivity contribution in [1.29, 1.82) is 5.41 Å². The molecule has 0 spiro atoms. The van der Waals surface area contributed by atoms with Crippen molar-refractivity contribution in [1.82, 2.24) is 19.1 Å². The summed E-state index contributed by atoms with van der Waals surface area (Å²) >= 11 is -0.193. The van der Waals surface area contributed by atoms with Gasteiger partial charge >= 0.3 is 6.18 Å². The first-order valence-electron chi connectivity index (χ1n) is 7.20. The number of fused-ring (bicyclic) bond motifs is 1. The number of alkyl halides is 3. The fourth-order valence-corrected chi connectivity index (χ4v) is 2.49. The van der Waals surface area contributed by atoms with Crippen LogP contribution in [0.3, 0.4) is 0 Å². The molecule has 0 bridgehead atoms. The number of pyridine rings is 2. The van der Waals surface area contributed by atoms with Gasteiger partial charge in [0.1, 0.15) is 11.3 Å². The Morgan fingerprint density at radius 2 is 2.04 bits per heavy atom. The number of nitrogens with zero attached hydrogens (tertiary/aromatic N) is 3. The molecule has 134 valence electrons. The van der Waals surface area contributed by atoms with E-state index in [0.29, 0.717) is 11.2 Å². The number of imidazole rings is 1. The van der Waals surface area contributed by atoms with Crippen LogP contribution in [-0.4, -0.2) is 20.1 Å². The van der Waals surface area contributed by atoms with Crippen LogP contribution < -0.4 is 4.72 Å². The third-order valence-electron chi connectivity index (χ3n) is 3.51. The molecule has 10 heteroatoms. The summed E-state index contributed by atoms with van der Waals surface area (Å²) in [6.45, 7) is 0. The number of hydrogen-bond acceptors (Lipinski definition) is 5. The van der Waals surface area contributed by atoms with Crippen molar-refractivity contribution in [2.24, 2.45) is 0 Å². The van der Waals surface area contributed by atoms with E-state index < -0.39 is 11.9 Å². The molecular formula is C16H11F4N5S. The van der Waals surface area contributed by atoms with Gasteiger partial charge in [0, 0.05) is 35.9 Å². The first kappa shape index (κ1) is 17.9. The molecule has 0 amide bonds. The summed E-state index contributed by atoms with van der Waals surface area (Å²) in [6, 6.07) is 6.62. The second-order valence-corrected chi connectivity index (χ2v) is 5.53. The summed E-state index contributed by atoms with van der Waals surface area (Å²) in [5.41, 5.74) is -0.236. The molecule has 2 N–H and O–H groups in total. The van der Waals surface area contributed by atoms with Crippen molar-refractivity contribution in [3.05, 3.63) is 72.1 Å². The molecule has 0 aliphatic rings. The average molecular weight is 381 g/mol. The van der Waals surface area contributed by atoms with Gasteiger partial charge in [-0.2, -0.15) is 13.2 Å². The standard InChI is InChI=1S/C16H11F4N5S/c17-16(18,19)13-3-1-2-12(24-13)15(21)11(8-23-26-20)10-4-5-14-22-6-7-25(14)9-10/h1-9,21,23H/b11-8-,21-15?. The highest BCUT2D eigenvalue weighted by atomic mass is 32.2. The van der Waals surface area contributed by atoms with Gasteiger partial charge in [-0.15, -0.1) is 3.89 Å². The molecule has 3 aromatic rings. The van der Waals surface area contributed by atoms with E-state index in [1.54, 1.807) is 35.1 Å². The number of rotatable bonds is 5. The zero-order valence-electron chi connectivity index (χ0n) is 13.0. The molecule has 0 radical (unpaired) electrons. The summed E-state index contributed by atoms with van der Waals surface area (Å²) in [4.78, 5) is 7.61. The van der Waals surface area contributed by atoms with E-state index in [2.05, 4.69) is 14.7 Å². The van der Waals surface area contributed by atoms with E-state index >= 15 is 0 Å². The van der Waals surface area contributed by atoms with Crippen molar-refractivity contribution in [3.8, 4) is 0 Å². The molecular weight excluding hydrogens is 370 g/mol. The van der Waals surface area contributed by atoms with Crippen LogP contribution >= 0.6 is 12.3 Å². The van der Waals surface area contributed by atoms with E-state index in [9.17, 15) is 17.1 Å². The van der Waals surface area contributed by atoms with Crippen molar-refractivity contribution in [2.75, 3.05) is 0 Å². The average Bonchev–Trinajstić information content (AvgIpc) is 3.09. The summed E-state index contributed by atoms with van der Waals surface area (Å²) in [5, 5.41) is 8.28. The van der Waals surface area contributed by atoms with Crippen molar-refractivity contribution < 1.29 is 17.1 Å². The molecule has 0 fully saturated rings. The summed E-state index contributed by atoms with van der Waals surface area (Å²) < 4.78 is 55.0. The maximum Gasteiger partial charge on any atom is 0.433 e. The molecule has 26 heavy (non-hydrogen) atoms. The van der Waals surface area contributed by atoms with Gasteiger partial charge in [-0.05, 0) is 24.3 Å². The Morgan fingerprint density at radius 1 is 1.23 bits per heavy atom. The predicted molar refractivity (Wildman–Crippen MR) is 91.1 cm³/mol. The maximum absolute atomic E-state index is 12.9. The Bertz CT molecular complexity index is 980. The fourth-order valence-electron chi connectivity index (χ4n) is 2.33. The van der Waals surface area contributed by atoms with Crippen LogP contribution in [0.1, 0.15) is 17.0 Å². The van der Waals surface area contributed by atoms with Crippen LogP contribution in [0.4, 0.5) is 17.1 Å². The van der Waals surface area contributed by atoms with Crippen LogP contribution in [0, 0.1) is 5.41 Å². The topological polar surface area (TPSA) is 66.1 Å². The van der Waals surface area contributed by atoms with Gasteiger partial charge in [0.15, 0.2) is 12.3 Å². The highest BCUT2D eigenvalue weighted by Gasteiger charge is 2.32. The lowest BCUT2D eigenvalue weighted by atomic mass is 10.0. The van der Waals surface area contributed by atoms with Crippen molar-refractivity contribution in [2.45, 2.75) is 6.18 Å². The number of allylic oxidation sites excluding steroid dienone is 1.